The van der Waals surface area contributed by atoms with E-state index < -0.39 is 0 Å². The number of rotatable bonds is 8. The zero-order chi connectivity index (χ0) is 19.8. The number of hydrazone groups is 1. The lowest BCUT2D eigenvalue weighted by molar-refractivity contribution is -0.123. The van der Waals surface area contributed by atoms with Crippen molar-refractivity contribution in [2.45, 2.75) is 13.8 Å². The van der Waals surface area contributed by atoms with Crippen LogP contribution in [0, 0.1) is 13.8 Å². The maximum atomic E-state index is 12.0. The van der Waals surface area contributed by atoms with E-state index in [0.29, 0.717) is 28.6 Å². The molecule has 2 aromatic rings. The van der Waals surface area contributed by atoms with Crippen LogP contribution < -0.4 is 24.4 Å². The SMILES string of the molecule is COc1ccc(/C=N\NC(=O)COc2cc(C)ccc2C)c(OC)c1OC. The van der Waals surface area contributed by atoms with E-state index in [1.54, 1.807) is 19.2 Å². The van der Waals surface area contributed by atoms with Gasteiger partial charge in [-0.15, -0.1) is 0 Å². The number of carbonyl (C=O) groups is 1. The monoisotopic (exact) mass is 372 g/mol. The van der Waals surface area contributed by atoms with Crippen LogP contribution in [0.2, 0.25) is 0 Å². The van der Waals surface area contributed by atoms with E-state index in [9.17, 15) is 4.79 Å². The molecule has 0 fully saturated rings. The fourth-order valence-electron chi connectivity index (χ4n) is 2.44. The number of hydrogen-bond donors (Lipinski definition) is 1. The third-order valence-corrected chi connectivity index (χ3v) is 3.83. The summed E-state index contributed by atoms with van der Waals surface area (Å²) in [5.41, 5.74) is 5.09. The quantitative estimate of drug-likeness (QED) is 0.569. The second kappa shape index (κ2) is 9.47. The molecule has 2 rings (SSSR count). The number of nitrogens with zero attached hydrogens (tertiary/aromatic N) is 1. The Kier molecular flexibility index (Phi) is 7.05. The van der Waals surface area contributed by atoms with Crippen LogP contribution in [0.15, 0.2) is 35.4 Å². The Bertz CT molecular complexity index is 833. The summed E-state index contributed by atoms with van der Waals surface area (Å²) in [5, 5.41) is 3.95. The first-order valence-electron chi connectivity index (χ1n) is 8.31. The topological polar surface area (TPSA) is 78.4 Å². The van der Waals surface area contributed by atoms with Crippen molar-refractivity contribution in [1.29, 1.82) is 0 Å². The van der Waals surface area contributed by atoms with Crippen LogP contribution in [0.3, 0.4) is 0 Å². The van der Waals surface area contributed by atoms with Crippen molar-refractivity contribution in [3.8, 4) is 23.0 Å². The van der Waals surface area contributed by atoms with Crippen LogP contribution in [-0.2, 0) is 4.79 Å². The first-order chi connectivity index (χ1) is 13.0. The lowest BCUT2D eigenvalue weighted by atomic mass is 10.1. The van der Waals surface area contributed by atoms with Gasteiger partial charge in [-0.05, 0) is 43.2 Å². The summed E-state index contributed by atoms with van der Waals surface area (Å²) >= 11 is 0. The van der Waals surface area contributed by atoms with Crippen molar-refractivity contribution in [2.75, 3.05) is 27.9 Å². The van der Waals surface area contributed by atoms with Crippen molar-refractivity contribution in [1.82, 2.24) is 5.43 Å². The molecule has 0 aliphatic carbocycles. The minimum absolute atomic E-state index is 0.134. The number of ether oxygens (including phenoxy) is 4. The van der Waals surface area contributed by atoms with E-state index in [2.05, 4.69) is 10.5 Å². The molecule has 1 amide bonds. The largest absolute Gasteiger partial charge is 0.493 e. The summed E-state index contributed by atoms with van der Waals surface area (Å²) in [6.45, 7) is 3.76. The fourth-order valence-corrected chi connectivity index (χ4v) is 2.44. The van der Waals surface area contributed by atoms with Gasteiger partial charge in [0.15, 0.2) is 18.1 Å². The van der Waals surface area contributed by atoms with E-state index in [0.717, 1.165) is 11.1 Å². The maximum Gasteiger partial charge on any atom is 0.277 e. The van der Waals surface area contributed by atoms with Gasteiger partial charge in [0.25, 0.3) is 5.91 Å². The lowest BCUT2D eigenvalue weighted by Crippen LogP contribution is -2.24. The number of aryl methyl sites for hydroxylation is 2. The molecule has 0 aromatic heterocycles. The maximum absolute atomic E-state index is 12.0. The molecular formula is C20H24N2O5. The Balaban J connectivity index is 2.00. The zero-order valence-electron chi connectivity index (χ0n) is 16.2. The summed E-state index contributed by atoms with van der Waals surface area (Å²) in [7, 11) is 4.58. The normalized spacial score (nSPS) is 10.6. The molecule has 1 N–H and O–H groups in total. The Labute approximate surface area is 158 Å². The third-order valence-electron chi connectivity index (χ3n) is 3.83. The Morgan fingerprint density at radius 3 is 2.41 bits per heavy atom. The Hall–Kier alpha value is -3.22. The predicted molar refractivity (Wildman–Crippen MR) is 103 cm³/mol. The standard InChI is InChI=1S/C20H24N2O5/c1-13-6-7-14(2)17(10-13)27-12-18(23)22-21-11-15-8-9-16(24-3)20(26-5)19(15)25-4/h6-11H,12H2,1-5H3,(H,22,23)/b21-11-. The molecule has 0 atom stereocenters. The summed E-state index contributed by atoms with van der Waals surface area (Å²) < 4.78 is 21.5. The molecule has 0 heterocycles. The molecule has 7 nitrogen and oxygen atoms in total. The first-order valence-corrected chi connectivity index (χ1v) is 8.31. The number of nitrogens with one attached hydrogen (secondary N) is 1. The van der Waals surface area contributed by atoms with Crippen molar-refractivity contribution in [2.24, 2.45) is 5.10 Å². The Morgan fingerprint density at radius 2 is 1.74 bits per heavy atom. The average Bonchev–Trinajstić information content (AvgIpc) is 2.67. The van der Waals surface area contributed by atoms with Crippen LogP contribution in [-0.4, -0.2) is 40.1 Å². The molecule has 0 aliphatic heterocycles. The van der Waals surface area contributed by atoms with E-state index in [1.165, 1.54) is 20.4 Å². The molecule has 0 spiro atoms. The molecule has 0 saturated heterocycles. The van der Waals surface area contributed by atoms with Gasteiger partial charge in [-0.1, -0.05) is 12.1 Å². The third kappa shape index (κ3) is 5.13. The second-order valence-corrected chi connectivity index (χ2v) is 5.77. The zero-order valence-corrected chi connectivity index (χ0v) is 16.2. The summed E-state index contributed by atoms with van der Waals surface area (Å²) in [5.74, 6) is 1.76. The number of carbonyl (C=O) groups excluding carboxylic acids is 1. The molecule has 144 valence electrons. The minimum Gasteiger partial charge on any atom is -0.493 e. The van der Waals surface area contributed by atoms with Gasteiger partial charge in [0, 0.05) is 5.56 Å². The number of methoxy groups -OCH3 is 3. The van der Waals surface area contributed by atoms with Crippen molar-refractivity contribution >= 4 is 12.1 Å². The summed E-state index contributed by atoms with van der Waals surface area (Å²) in [6, 6.07) is 9.31. The summed E-state index contributed by atoms with van der Waals surface area (Å²) in [4.78, 5) is 12.0. The van der Waals surface area contributed by atoms with Crippen molar-refractivity contribution < 1.29 is 23.7 Å². The molecule has 2 aromatic carbocycles. The van der Waals surface area contributed by atoms with Gasteiger partial charge >= 0.3 is 0 Å². The van der Waals surface area contributed by atoms with Gasteiger partial charge in [-0.2, -0.15) is 5.10 Å². The van der Waals surface area contributed by atoms with Gasteiger partial charge in [-0.3, -0.25) is 4.79 Å². The Morgan fingerprint density at radius 1 is 1.00 bits per heavy atom. The number of benzene rings is 2. The van der Waals surface area contributed by atoms with Crippen molar-refractivity contribution in [3.05, 3.63) is 47.0 Å². The van der Waals surface area contributed by atoms with E-state index >= 15 is 0 Å². The molecule has 0 bridgehead atoms. The fraction of sp³-hybridized carbons (Fsp3) is 0.300. The van der Waals surface area contributed by atoms with E-state index in [-0.39, 0.29) is 12.5 Å². The summed E-state index contributed by atoms with van der Waals surface area (Å²) in [6.07, 6.45) is 1.47. The molecule has 0 saturated carbocycles. The minimum atomic E-state index is -0.369. The van der Waals surface area contributed by atoms with Gasteiger partial charge in [0.1, 0.15) is 5.75 Å². The highest BCUT2D eigenvalue weighted by molar-refractivity contribution is 5.87. The second-order valence-electron chi connectivity index (χ2n) is 5.77. The van der Waals surface area contributed by atoms with Gasteiger partial charge in [-0.25, -0.2) is 5.43 Å². The van der Waals surface area contributed by atoms with Crippen LogP contribution >= 0.6 is 0 Å². The van der Waals surface area contributed by atoms with E-state index in [1.807, 2.05) is 32.0 Å². The molecule has 7 heteroatoms. The van der Waals surface area contributed by atoms with Gasteiger partial charge < -0.3 is 18.9 Å². The number of amides is 1. The van der Waals surface area contributed by atoms with Crippen molar-refractivity contribution in [3.63, 3.8) is 0 Å². The molecular weight excluding hydrogens is 348 g/mol. The number of hydrogen-bond acceptors (Lipinski definition) is 6. The average molecular weight is 372 g/mol. The molecule has 27 heavy (non-hydrogen) atoms. The van der Waals surface area contributed by atoms with Gasteiger partial charge in [0.2, 0.25) is 5.75 Å². The van der Waals surface area contributed by atoms with Crippen LogP contribution in [0.4, 0.5) is 0 Å². The van der Waals surface area contributed by atoms with Crippen LogP contribution in [0.1, 0.15) is 16.7 Å². The van der Waals surface area contributed by atoms with Crippen LogP contribution in [0.25, 0.3) is 0 Å². The van der Waals surface area contributed by atoms with Gasteiger partial charge in [0.05, 0.1) is 27.5 Å². The highest BCUT2D eigenvalue weighted by atomic mass is 16.5. The smallest absolute Gasteiger partial charge is 0.277 e. The molecule has 0 radical (unpaired) electrons. The predicted octanol–water partition coefficient (Wildman–Crippen LogP) is 2.86. The van der Waals surface area contributed by atoms with Crippen LogP contribution in [0.5, 0.6) is 23.0 Å². The molecule has 0 aliphatic rings. The lowest BCUT2D eigenvalue weighted by Gasteiger charge is -2.13. The molecule has 0 unspecified atom stereocenters. The van der Waals surface area contributed by atoms with E-state index in [4.69, 9.17) is 18.9 Å². The first kappa shape index (κ1) is 20.1. The highest BCUT2D eigenvalue weighted by Crippen LogP contribution is 2.38. The highest BCUT2D eigenvalue weighted by Gasteiger charge is 2.14.